The van der Waals surface area contributed by atoms with Gasteiger partial charge in [0.05, 0.1) is 33.0 Å². The SMILES string of the molecule is C=CC(=O)OCCCCCCOc1ccc(C(=O)Oc2ccc(OC)c(OC)c2)cc1. The van der Waals surface area contributed by atoms with Crippen molar-refractivity contribution in [3.63, 3.8) is 0 Å². The van der Waals surface area contributed by atoms with Crippen molar-refractivity contribution in [1.29, 1.82) is 0 Å². The second-order valence-corrected chi connectivity index (χ2v) is 6.56. The molecule has 0 aliphatic rings. The Morgan fingerprint density at radius 1 is 0.839 bits per heavy atom. The Hall–Kier alpha value is -3.48. The van der Waals surface area contributed by atoms with E-state index in [1.54, 1.807) is 42.5 Å². The van der Waals surface area contributed by atoms with Gasteiger partial charge in [0.2, 0.25) is 0 Å². The van der Waals surface area contributed by atoms with Crippen molar-refractivity contribution in [2.75, 3.05) is 27.4 Å². The molecule has 2 rings (SSSR count). The summed E-state index contributed by atoms with van der Waals surface area (Å²) >= 11 is 0. The molecule has 0 N–H and O–H groups in total. The Balaban J connectivity index is 1.72. The lowest BCUT2D eigenvalue weighted by molar-refractivity contribution is -0.137. The molecule has 0 unspecified atom stereocenters. The molecule has 0 fully saturated rings. The third kappa shape index (κ3) is 8.04. The molecule has 0 spiro atoms. The van der Waals surface area contributed by atoms with E-state index in [9.17, 15) is 9.59 Å². The van der Waals surface area contributed by atoms with E-state index < -0.39 is 5.97 Å². The summed E-state index contributed by atoms with van der Waals surface area (Å²) in [6, 6.07) is 11.7. The lowest BCUT2D eigenvalue weighted by atomic mass is 10.2. The lowest BCUT2D eigenvalue weighted by Crippen LogP contribution is -2.08. The average molecular weight is 428 g/mol. The zero-order valence-corrected chi connectivity index (χ0v) is 17.9. The van der Waals surface area contributed by atoms with Gasteiger partial charge in [-0.1, -0.05) is 6.58 Å². The standard InChI is InChI=1S/C24H28O7/c1-4-23(25)30-16-8-6-5-7-15-29-19-11-9-18(10-12-19)24(26)31-20-13-14-21(27-2)22(17-20)28-3/h4,9-14,17H,1,5-8,15-16H2,2-3H3. The molecule has 0 radical (unpaired) electrons. The van der Waals surface area contributed by atoms with Crippen molar-refractivity contribution in [2.24, 2.45) is 0 Å². The Morgan fingerprint density at radius 2 is 1.48 bits per heavy atom. The van der Waals surface area contributed by atoms with Crippen molar-refractivity contribution in [2.45, 2.75) is 25.7 Å². The van der Waals surface area contributed by atoms with E-state index in [1.807, 2.05) is 0 Å². The molecular formula is C24H28O7. The largest absolute Gasteiger partial charge is 0.494 e. The van der Waals surface area contributed by atoms with Crippen LogP contribution in [0, 0.1) is 0 Å². The maximum atomic E-state index is 12.4. The van der Waals surface area contributed by atoms with E-state index in [1.165, 1.54) is 14.2 Å². The van der Waals surface area contributed by atoms with Crippen molar-refractivity contribution >= 4 is 11.9 Å². The zero-order chi connectivity index (χ0) is 22.5. The summed E-state index contributed by atoms with van der Waals surface area (Å²) in [5, 5.41) is 0. The number of carbonyl (C=O) groups is 2. The van der Waals surface area contributed by atoms with Gasteiger partial charge < -0.3 is 23.7 Å². The predicted octanol–water partition coefficient (Wildman–Crippen LogP) is 4.59. The minimum atomic E-state index is -0.476. The van der Waals surface area contributed by atoms with E-state index in [4.69, 9.17) is 23.7 Å². The predicted molar refractivity (Wildman–Crippen MR) is 116 cm³/mol. The van der Waals surface area contributed by atoms with Crippen LogP contribution in [0.25, 0.3) is 0 Å². The van der Waals surface area contributed by atoms with Gasteiger partial charge in [-0.2, -0.15) is 0 Å². The summed E-state index contributed by atoms with van der Waals surface area (Å²) in [4.78, 5) is 23.3. The lowest BCUT2D eigenvalue weighted by Gasteiger charge is -2.10. The van der Waals surface area contributed by atoms with Gasteiger partial charge in [0, 0.05) is 12.1 Å². The quantitative estimate of drug-likeness (QED) is 0.200. The molecule has 166 valence electrons. The fraction of sp³-hybridized carbons (Fsp3) is 0.333. The molecule has 0 heterocycles. The number of benzene rings is 2. The van der Waals surface area contributed by atoms with Crippen LogP contribution < -0.4 is 18.9 Å². The molecule has 2 aromatic rings. The van der Waals surface area contributed by atoms with E-state index in [-0.39, 0.29) is 5.97 Å². The van der Waals surface area contributed by atoms with Gasteiger partial charge in [-0.05, 0) is 62.1 Å². The summed E-state index contributed by atoms with van der Waals surface area (Å²) in [5.74, 6) is 1.22. The summed E-state index contributed by atoms with van der Waals surface area (Å²) in [6.45, 7) is 4.33. The molecule has 0 saturated heterocycles. The number of methoxy groups -OCH3 is 2. The monoisotopic (exact) mass is 428 g/mol. The number of hydrogen-bond acceptors (Lipinski definition) is 7. The van der Waals surface area contributed by atoms with E-state index in [2.05, 4.69) is 6.58 Å². The van der Waals surface area contributed by atoms with Gasteiger partial charge >= 0.3 is 11.9 Å². The van der Waals surface area contributed by atoms with Crippen LogP contribution in [0.3, 0.4) is 0 Å². The van der Waals surface area contributed by atoms with Gasteiger partial charge in [0.15, 0.2) is 11.5 Å². The van der Waals surface area contributed by atoms with Crippen LogP contribution in [0.15, 0.2) is 55.1 Å². The first-order valence-corrected chi connectivity index (χ1v) is 10.0. The smallest absolute Gasteiger partial charge is 0.343 e. The molecular weight excluding hydrogens is 400 g/mol. The topological polar surface area (TPSA) is 80.3 Å². The van der Waals surface area contributed by atoms with Gasteiger partial charge in [0.25, 0.3) is 0 Å². The summed E-state index contributed by atoms with van der Waals surface area (Å²) in [7, 11) is 3.06. The molecule has 0 aliphatic carbocycles. The second kappa shape index (κ2) is 13.0. The highest BCUT2D eigenvalue weighted by Crippen LogP contribution is 2.31. The van der Waals surface area contributed by atoms with Crippen LogP contribution in [-0.4, -0.2) is 39.4 Å². The minimum Gasteiger partial charge on any atom is -0.494 e. The molecule has 7 heteroatoms. The summed E-state index contributed by atoms with van der Waals surface area (Å²) in [5.41, 5.74) is 0.413. The fourth-order valence-electron chi connectivity index (χ4n) is 2.71. The molecule has 0 aliphatic heterocycles. The molecule has 7 nitrogen and oxygen atoms in total. The van der Waals surface area contributed by atoms with Gasteiger partial charge in [0.1, 0.15) is 11.5 Å². The van der Waals surface area contributed by atoms with Crippen LogP contribution in [0.1, 0.15) is 36.0 Å². The van der Waals surface area contributed by atoms with E-state index in [0.29, 0.717) is 41.8 Å². The van der Waals surface area contributed by atoms with Crippen molar-refractivity contribution in [1.82, 2.24) is 0 Å². The van der Waals surface area contributed by atoms with Gasteiger partial charge in [-0.15, -0.1) is 0 Å². The Kier molecular flexibility index (Phi) is 9.94. The fourth-order valence-corrected chi connectivity index (χ4v) is 2.71. The minimum absolute atomic E-state index is 0.363. The van der Waals surface area contributed by atoms with Crippen LogP contribution in [0.4, 0.5) is 0 Å². The highest BCUT2D eigenvalue weighted by Gasteiger charge is 2.11. The average Bonchev–Trinajstić information content (AvgIpc) is 2.80. The second-order valence-electron chi connectivity index (χ2n) is 6.56. The summed E-state index contributed by atoms with van der Waals surface area (Å²) in [6.07, 6.45) is 4.79. The number of esters is 2. The highest BCUT2D eigenvalue weighted by atomic mass is 16.5. The van der Waals surface area contributed by atoms with Crippen molar-refractivity contribution in [3.05, 3.63) is 60.7 Å². The molecule has 31 heavy (non-hydrogen) atoms. The highest BCUT2D eigenvalue weighted by molar-refractivity contribution is 5.91. The Bertz CT molecular complexity index is 859. The van der Waals surface area contributed by atoms with E-state index >= 15 is 0 Å². The molecule has 0 amide bonds. The Morgan fingerprint density at radius 3 is 2.13 bits per heavy atom. The van der Waals surface area contributed by atoms with Crippen molar-refractivity contribution < 1.29 is 33.3 Å². The number of carbonyl (C=O) groups excluding carboxylic acids is 2. The number of rotatable bonds is 13. The van der Waals surface area contributed by atoms with Crippen LogP contribution in [-0.2, 0) is 9.53 Å². The molecule has 0 aromatic heterocycles. The van der Waals surface area contributed by atoms with Gasteiger partial charge in [-0.3, -0.25) is 0 Å². The molecule has 2 aromatic carbocycles. The number of hydrogen-bond donors (Lipinski definition) is 0. The van der Waals surface area contributed by atoms with E-state index in [0.717, 1.165) is 31.8 Å². The normalized spacial score (nSPS) is 10.1. The van der Waals surface area contributed by atoms with Crippen LogP contribution >= 0.6 is 0 Å². The van der Waals surface area contributed by atoms with Crippen LogP contribution in [0.2, 0.25) is 0 Å². The molecule has 0 atom stereocenters. The maximum Gasteiger partial charge on any atom is 0.343 e. The molecule has 0 bridgehead atoms. The van der Waals surface area contributed by atoms with Crippen LogP contribution in [0.5, 0.6) is 23.0 Å². The third-order valence-corrected chi connectivity index (χ3v) is 4.37. The third-order valence-electron chi connectivity index (χ3n) is 4.37. The van der Waals surface area contributed by atoms with Gasteiger partial charge in [-0.25, -0.2) is 9.59 Å². The number of unbranched alkanes of at least 4 members (excludes halogenated alkanes) is 3. The Labute approximate surface area is 182 Å². The zero-order valence-electron chi connectivity index (χ0n) is 17.9. The first-order valence-electron chi connectivity index (χ1n) is 10.0. The maximum absolute atomic E-state index is 12.4. The first kappa shape index (κ1) is 23.8. The molecule has 0 saturated carbocycles. The first-order chi connectivity index (χ1) is 15.1. The summed E-state index contributed by atoms with van der Waals surface area (Å²) < 4.78 is 26.4. The number of ether oxygens (including phenoxy) is 5. The van der Waals surface area contributed by atoms with Crippen molar-refractivity contribution in [3.8, 4) is 23.0 Å².